The van der Waals surface area contributed by atoms with Crippen LogP contribution in [0.3, 0.4) is 0 Å². The van der Waals surface area contributed by atoms with Crippen molar-refractivity contribution in [3.05, 3.63) is 35.0 Å². The zero-order valence-corrected chi connectivity index (χ0v) is 29.7. The van der Waals surface area contributed by atoms with Gasteiger partial charge in [-0.3, -0.25) is 4.68 Å². The smallest absolute Gasteiger partial charge is 0.390 e. The Labute approximate surface area is 286 Å². The molecule has 14 heteroatoms. The number of β-amino-alcohol motifs (C(OH)–C–C–N with tert-alkyl or cyclic N) is 1. The van der Waals surface area contributed by atoms with Gasteiger partial charge in [0.25, 0.3) is 0 Å². The summed E-state index contributed by atoms with van der Waals surface area (Å²) in [6, 6.07) is 4.11. The van der Waals surface area contributed by atoms with E-state index in [4.69, 9.17) is 5.10 Å². The number of benzene rings is 1. The number of sulfonamides is 1. The van der Waals surface area contributed by atoms with E-state index >= 15 is 0 Å². The summed E-state index contributed by atoms with van der Waals surface area (Å²) in [7, 11) is -3.51. The second kappa shape index (κ2) is 14.5. The van der Waals surface area contributed by atoms with Crippen molar-refractivity contribution in [2.24, 2.45) is 11.8 Å². The minimum atomic E-state index is -4.51. The van der Waals surface area contributed by atoms with Crippen LogP contribution in [0.25, 0.3) is 11.3 Å². The van der Waals surface area contributed by atoms with Crippen LogP contribution in [0.15, 0.2) is 23.1 Å². The summed E-state index contributed by atoms with van der Waals surface area (Å²) in [5, 5.41) is 26.2. The summed E-state index contributed by atoms with van der Waals surface area (Å²) < 4.78 is 70.8. The van der Waals surface area contributed by atoms with E-state index in [0.29, 0.717) is 67.4 Å². The number of aliphatic hydroxyl groups is 2. The van der Waals surface area contributed by atoms with Crippen molar-refractivity contribution >= 4 is 21.8 Å². The summed E-state index contributed by atoms with van der Waals surface area (Å²) >= 11 is 1.22. The number of halogens is 3. The van der Waals surface area contributed by atoms with E-state index in [2.05, 4.69) is 9.80 Å². The predicted molar refractivity (Wildman–Crippen MR) is 181 cm³/mol. The number of likely N-dealkylation sites (tertiary alicyclic amines) is 2. The highest BCUT2D eigenvalue weighted by atomic mass is 32.2. The lowest BCUT2D eigenvalue weighted by Gasteiger charge is -2.41. The van der Waals surface area contributed by atoms with Crippen LogP contribution >= 0.6 is 11.8 Å². The first kappa shape index (κ1) is 36.1. The molecule has 9 nitrogen and oxygen atoms in total. The number of aliphatic hydroxyl groups excluding tert-OH is 1. The summed E-state index contributed by atoms with van der Waals surface area (Å²) in [5.74, 6) is 2.04. The van der Waals surface area contributed by atoms with E-state index in [0.717, 1.165) is 43.6 Å². The highest BCUT2D eigenvalue weighted by Gasteiger charge is 2.36. The van der Waals surface area contributed by atoms with Gasteiger partial charge < -0.3 is 20.0 Å². The third kappa shape index (κ3) is 8.60. The fourth-order valence-corrected chi connectivity index (χ4v) is 10.00. The summed E-state index contributed by atoms with van der Waals surface area (Å²) in [4.78, 5) is 4.67. The monoisotopic (exact) mass is 713 g/mol. The maximum Gasteiger partial charge on any atom is 0.417 e. The largest absolute Gasteiger partial charge is 0.417 e. The predicted octanol–water partition coefficient (Wildman–Crippen LogP) is 4.70. The molecule has 6 rings (SSSR count). The molecule has 2 unspecified atom stereocenters. The van der Waals surface area contributed by atoms with Gasteiger partial charge in [-0.15, -0.1) is 11.8 Å². The summed E-state index contributed by atoms with van der Waals surface area (Å²) in [6.07, 6.45) is 3.81. The van der Waals surface area contributed by atoms with Crippen molar-refractivity contribution in [1.29, 1.82) is 0 Å². The Kier molecular flexibility index (Phi) is 10.9. The Hall–Kier alpha value is -1.68. The zero-order valence-electron chi connectivity index (χ0n) is 28.1. The average molecular weight is 714 g/mol. The molecule has 3 atom stereocenters. The van der Waals surface area contributed by atoms with Crippen LogP contribution in [0.5, 0.6) is 0 Å². The Bertz CT molecular complexity index is 1540. The molecule has 2 N–H and O–H groups in total. The first-order chi connectivity index (χ1) is 22.7. The molecule has 3 fully saturated rings. The van der Waals surface area contributed by atoms with Crippen LogP contribution in [-0.4, -0.2) is 112 Å². The van der Waals surface area contributed by atoms with Crippen molar-refractivity contribution in [2.45, 2.75) is 94.2 Å². The van der Waals surface area contributed by atoms with Crippen molar-refractivity contribution in [2.75, 3.05) is 57.8 Å². The standard InChI is InChI=1S/C34H50F3N5O4S2/c1-33(44)11-15-40(16-12-33)21-27(43)22-42-30-10-14-41(48(2,45)46)23-28(30)32(38-42)25-7-8-29(34(35,36)37)31(19-25)47-18-17-39-13-9-24-5-3-4-6-26(24)20-39/h7-8,19,24,26-27,43-44H,3-6,9-18,20-23H2,1-2H3/t24?,26?,27-/m0/s1. The van der Waals surface area contributed by atoms with Gasteiger partial charge in [0.1, 0.15) is 0 Å². The third-order valence-electron chi connectivity index (χ3n) is 11.0. The van der Waals surface area contributed by atoms with Crippen molar-refractivity contribution in [3.8, 4) is 11.3 Å². The van der Waals surface area contributed by atoms with Gasteiger partial charge in [0, 0.05) is 79.7 Å². The van der Waals surface area contributed by atoms with Gasteiger partial charge in [0.2, 0.25) is 10.0 Å². The van der Waals surface area contributed by atoms with Crippen LogP contribution in [0.1, 0.15) is 68.7 Å². The molecule has 0 spiro atoms. The second-order valence-electron chi connectivity index (χ2n) is 14.7. The van der Waals surface area contributed by atoms with Crippen molar-refractivity contribution in [1.82, 2.24) is 23.9 Å². The van der Waals surface area contributed by atoms with Gasteiger partial charge in [-0.2, -0.15) is 22.6 Å². The third-order valence-corrected chi connectivity index (χ3v) is 13.2. The lowest BCUT2D eigenvalue weighted by Crippen LogP contribution is -2.45. The quantitative estimate of drug-likeness (QED) is 0.342. The molecule has 0 radical (unpaired) electrons. The Balaban J connectivity index is 1.23. The maximum atomic E-state index is 14.2. The first-order valence-electron chi connectivity index (χ1n) is 17.4. The average Bonchev–Trinajstić information content (AvgIpc) is 3.38. The van der Waals surface area contributed by atoms with Crippen molar-refractivity contribution < 1.29 is 31.8 Å². The van der Waals surface area contributed by atoms with E-state index in [-0.39, 0.29) is 24.5 Å². The van der Waals surface area contributed by atoms with E-state index < -0.39 is 33.5 Å². The summed E-state index contributed by atoms with van der Waals surface area (Å²) in [5.41, 5.74) is 1.04. The van der Waals surface area contributed by atoms with Crippen LogP contribution in [0.4, 0.5) is 13.2 Å². The van der Waals surface area contributed by atoms with Crippen LogP contribution < -0.4 is 0 Å². The molecule has 4 aliphatic rings. The number of rotatable bonds is 10. The molecule has 1 aliphatic carbocycles. The molecule has 2 aromatic rings. The van der Waals surface area contributed by atoms with E-state index in [9.17, 15) is 31.8 Å². The molecule has 268 valence electrons. The molecule has 1 saturated carbocycles. The lowest BCUT2D eigenvalue weighted by molar-refractivity contribution is -0.139. The fourth-order valence-electron chi connectivity index (χ4n) is 8.09. The molecule has 0 amide bonds. The topological polar surface area (TPSA) is 102 Å². The number of hydrogen-bond acceptors (Lipinski definition) is 8. The molecule has 48 heavy (non-hydrogen) atoms. The normalized spacial score (nSPS) is 25.1. The zero-order chi connectivity index (χ0) is 34.3. The van der Waals surface area contributed by atoms with Crippen LogP contribution in [0, 0.1) is 11.8 Å². The molecule has 1 aromatic heterocycles. The van der Waals surface area contributed by atoms with Crippen LogP contribution in [-0.2, 0) is 35.7 Å². The number of nitrogens with zero attached hydrogens (tertiary/aromatic N) is 5. The van der Waals surface area contributed by atoms with Crippen LogP contribution in [0.2, 0.25) is 0 Å². The Morgan fingerprint density at radius 3 is 2.48 bits per heavy atom. The first-order valence-corrected chi connectivity index (χ1v) is 20.2. The SMILES string of the molecule is CC1(O)CCN(C[C@H](O)Cn2nc(-c3ccc(C(F)(F)F)c(SCCN4CCC5CCCCC5C4)c3)c3c2CCN(S(C)(=O)=O)C3)CC1. The van der Waals surface area contributed by atoms with E-state index in [1.165, 1.54) is 54.2 Å². The highest BCUT2D eigenvalue weighted by Crippen LogP contribution is 2.41. The van der Waals surface area contributed by atoms with Gasteiger partial charge in [-0.25, -0.2) is 8.42 Å². The molecular formula is C34H50F3N5O4S2. The molecule has 1 aromatic carbocycles. The summed E-state index contributed by atoms with van der Waals surface area (Å²) in [6.45, 7) is 6.82. The number of piperidine rings is 2. The number of aromatic nitrogens is 2. The lowest BCUT2D eigenvalue weighted by atomic mass is 9.75. The van der Waals surface area contributed by atoms with Gasteiger partial charge in [0.15, 0.2) is 0 Å². The molecule has 3 aliphatic heterocycles. The minimum Gasteiger partial charge on any atom is -0.390 e. The highest BCUT2D eigenvalue weighted by molar-refractivity contribution is 7.99. The van der Waals surface area contributed by atoms with Gasteiger partial charge in [-0.1, -0.05) is 25.3 Å². The maximum absolute atomic E-state index is 14.2. The number of alkyl halides is 3. The van der Waals surface area contributed by atoms with E-state index in [1.807, 2.05) is 6.92 Å². The van der Waals surface area contributed by atoms with E-state index in [1.54, 1.807) is 10.7 Å². The molecule has 0 bridgehead atoms. The van der Waals surface area contributed by atoms with Crippen molar-refractivity contribution in [3.63, 3.8) is 0 Å². The Morgan fingerprint density at radius 1 is 1.04 bits per heavy atom. The Morgan fingerprint density at radius 2 is 1.77 bits per heavy atom. The fraction of sp³-hybridized carbons (Fsp3) is 0.735. The second-order valence-corrected chi connectivity index (χ2v) is 17.8. The number of thioether (sulfide) groups is 1. The minimum absolute atomic E-state index is 0.0709. The molecular weight excluding hydrogens is 664 g/mol. The molecule has 4 heterocycles. The number of hydrogen-bond donors (Lipinski definition) is 2. The molecule has 2 saturated heterocycles. The number of fused-ring (bicyclic) bond motifs is 2. The van der Waals surface area contributed by atoms with Gasteiger partial charge >= 0.3 is 6.18 Å². The van der Waals surface area contributed by atoms with Gasteiger partial charge in [-0.05, 0) is 63.1 Å². The van der Waals surface area contributed by atoms with Gasteiger partial charge in [0.05, 0.1) is 35.8 Å².